The van der Waals surface area contributed by atoms with Gasteiger partial charge in [-0.3, -0.25) is 9.59 Å². The SMILES string of the molecule is [2H]C1CN(C(=O)Cc2ccc(C(F)(F)F)cc2)CCC1(CC#N)C1=C2N=NC(NCN(C)S(=O)(=O)c3ccccc3)=C2C(=O)N=C1. The number of rotatable bonds is 9. The summed E-state index contributed by atoms with van der Waals surface area (Å²) >= 11 is 0. The second-order valence-corrected chi connectivity index (χ2v) is 12.7. The van der Waals surface area contributed by atoms with E-state index in [1.165, 1.54) is 42.4 Å². The lowest BCUT2D eigenvalue weighted by Crippen LogP contribution is -2.45. The summed E-state index contributed by atoms with van der Waals surface area (Å²) in [5.41, 5.74) is -1.17. The van der Waals surface area contributed by atoms with Gasteiger partial charge in [0, 0.05) is 45.1 Å². The summed E-state index contributed by atoms with van der Waals surface area (Å²) in [6, 6.07) is 14.2. The number of carbonyl (C=O) groups is 2. The normalized spacial score (nSPS) is 22.0. The molecule has 1 fully saturated rings. The third kappa shape index (κ3) is 6.43. The zero-order valence-electron chi connectivity index (χ0n) is 25.0. The van der Waals surface area contributed by atoms with Gasteiger partial charge in [-0.15, -0.1) is 10.2 Å². The Morgan fingerprint density at radius 3 is 2.51 bits per heavy atom. The molecule has 0 bridgehead atoms. The average molecular weight is 641 g/mol. The first kappa shape index (κ1) is 30.4. The van der Waals surface area contributed by atoms with Crippen molar-refractivity contribution in [1.29, 1.82) is 5.26 Å². The number of allylic oxidation sites excluding steroid dienone is 1. The van der Waals surface area contributed by atoms with Crippen LogP contribution in [0.5, 0.6) is 0 Å². The van der Waals surface area contributed by atoms with Crippen LogP contribution in [0.25, 0.3) is 0 Å². The molecular formula is C30H28F3N7O4S. The highest BCUT2D eigenvalue weighted by molar-refractivity contribution is 7.89. The number of sulfonamides is 1. The number of nitrogens with zero attached hydrogens (tertiary/aromatic N) is 6. The number of dihydropyridines is 1. The van der Waals surface area contributed by atoms with Crippen LogP contribution < -0.4 is 5.32 Å². The molecule has 3 aliphatic rings. The molecule has 1 N–H and O–H groups in total. The molecule has 2 aromatic rings. The Hall–Kier alpha value is -4.68. The maximum absolute atomic E-state index is 13.1. The molecule has 15 heteroatoms. The third-order valence-corrected chi connectivity index (χ3v) is 9.69. The molecule has 1 saturated heterocycles. The molecule has 5 rings (SSSR count). The van der Waals surface area contributed by atoms with Crippen molar-refractivity contribution in [3.63, 3.8) is 0 Å². The number of halogens is 3. The molecule has 234 valence electrons. The molecule has 2 amide bonds. The van der Waals surface area contributed by atoms with Gasteiger partial charge >= 0.3 is 6.18 Å². The summed E-state index contributed by atoms with van der Waals surface area (Å²) in [5, 5.41) is 20.8. The highest BCUT2D eigenvalue weighted by Crippen LogP contribution is 2.46. The first-order valence-corrected chi connectivity index (χ1v) is 15.2. The molecule has 0 radical (unpaired) electrons. The predicted molar refractivity (Wildman–Crippen MR) is 155 cm³/mol. The lowest BCUT2D eigenvalue weighted by atomic mass is 9.69. The van der Waals surface area contributed by atoms with E-state index in [9.17, 15) is 36.4 Å². The number of nitriles is 1. The standard InChI is InChI=1S/C30H28F3N7O4S/c1-39(45(43,44)22-5-3-2-4-6-22)19-36-27-25-26(37-38-27)23(18-35-28(25)42)29(11-14-34)12-15-40(16-13-29)24(41)17-20-7-9-21(10-8-20)30(31,32)33/h2-10,18,36H,11-13,15-17,19H2,1H3/i12D. The van der Waals surface area contributed by atoms with Crippen molar-refractivity contribution < 1.29 is 32.5 Å². The van der Waals surface area contributed by atoms with Gasteiger partial charge in [0.15, 0.2) is 5.82 Å². The number of piperidine rings is 1. The summed E-state index contributed by atoms with van der Waals surface area (Å²) in [7, 11) is -2.50. The highest BCUT2D eigenvalue weighted by atomic mass is 32.2. The first-order valence-electron chi connectivity index (χ1n) is 14.3. The van der Waals surface area contributed by atoms with Crippen molar-refractivity contribution in [1.82, 2.24) is 14.5 Å². The Balaban J connectivity index is 1.34. The van der Waals surface area contributed by atoms with Crippen LogP contribution in [0.15, 0.2) is 97.4 Å². The van der Waals surface area contributed by atoms with Gasteiger partial charge in [-0.1, -0.05) is 30.3 Å². The van der Waals surface area contributed by atoms with E-state index in [2.05, 4.69) is 26.6 Å². The number of nitrogens with one attached hydrogen (secondary N) is 1. The number of likely N-dealkylation sites (tertiary alicyclic amines) is 1. The molecule has 3 aliphatic heterocycles. The first-order chi connectivity index (χ1) is 21.8. The van der Waals surface area contributed by atoms with Crippen LogP contribution >= 0.6 is 0 Å². The molecule has 0 saturated carbocycles. The van der Waals surface area contributed by atoms with E-state index in [1.54, 1.807) is 18.2 Å². The van der Waals surface area contributed by atoms with Gasteiger partial charge in [0.2, 0.25) is 15.9 Å². The summed E-state index contributed by atoms with van der Waals surface area (Å²) < 4.78 is 74.6. The smallest absolute Gasteiger partial charge is 0.354 e. The number of carbonyl (C=O) groups excluding carboxylic acids is 2. The summed E-state index contributed by atoms with van der Waals surface area (Å²) in [6.45, 7) is -0.198. The van der Waals surface area contributed by atoms with Gasteiger partial charge in [-0.05, 0) is 42.6 Å². The van der Waals surface area contributed by atoms with Crippen LogP contribution in [-0.2, 0) is 32.2 Å². The van der Waals surface area contributed by atoms with Crippen LogP contribution in [0.4, 0.5) is 13.2 Å². The largest absolute Gasteiger partial charge is 0.416 e. The fourth-order valence-corrected chi connectivity index (χ4v) is 6.36. The summed E-state index contributed by atoms with van der Waals surface area (Å²) in [4.78, 5) is 31.5. The van der Waals surface area contributed by atoms with Crippen LogP contribution in [0.3, 0.4) is 0 Å². The van der Waals surface area contributed by atoms with Crippen LogP contribution in [-0.4, -0.2) is 62.5 Å². The maximum Gasteiger partial charge on any atom is 0.416 e. The molecule has 0 aliphatic carbocycles. The maximum atomic E-state index is 13.1. The second kappa shape index (κ2) is 12.4. The third-order valence-electron chi connectivity index (χ3n) is 7.87. The number of azo groups is 1. The molecule has 0 aromatic heterocycles. The fourth-order valence-electron chi connectivity index (χ4n) is 5.26. The lowest BCUT2D eigenvalue weighted by Gasteiger charge is -2.42. The number of alkyl halides is 3. The van der Waals surface area contributed by atoms with Crippen LogP contribution in [0, 0.1) is 16.7 Å². The van der Waals surface area contributed by atoms with Crippen molar-refractivity contribution in [3.05, 3.63) is 88.4 Å². The van der Waals surface area contributed by atoms with Gasteiger partial charge in [-0.25, -0.2) is 13.4 Å². The van der Waals surface area contributed by atoms with Gasteiger partial charge in [0.1, 0.15) is 11.3 Å². The summed E-state index contributed by atoms with van der Waals surface area (Å²) in [6.07, 6.45) is -4.43. The van der Waals surface area contributed by atoms with Crippen molar-refractivity contribution in [3.8, 4) is 6.07 Å². The minimum atomic E-state index is -4.50. The van der Waals surface area contributed by atoms with E-state index in [0.717, 1.165) is 16.4 Å². The van der Waals surface area contributed by atoms with E-state index in [-0.39, 0.29) is 66.9 Å². The van der Waals surface area contributed by atoms with E-state index >= 15 is 0 Å². The molecule has 45 heavy (non-hydrogen) atoms. The summed E-state index contributed by atoms with van der Waals surface area (Å²) in [5.74, 6) is -1.07. The minimum absolute atomic E-state index is 0.0118. The second-order valence-electron chi connectivity index (χ2n) is 10.7. The molecule has 2 aromatic carbocycles. The van der Waals surface area contributed by atoms with E-state index in [0.29, 0.717) is 11.1 Å². The molecule has 2 unspecified atom stereocenters. The number of aliphatic imine (C=N–C) groups is 1. The van der Waals surface area contributed by atoms with E-state index in [1.807, 2.05) is 0 Å². The van der Waals surface area contributed by atoms with Gasteiger partial charge < -0.3 is 10.2 Å². The highest BCUT2D eigenvalue weighted by Gasteiger charge is 2.44. The van der Waals surface area contributed by atoms with E-state index in [4.69, 9.17) is 1.37 Å². The van der Waals surface area contributed by atoms with Gasteiger partial charge in [0.25, 0.3) is 5.91 Å². The average Bonchev–Trinajstić information content (AvgIpc) is 3.46. The van der Waals surface area contributed by atoms with Crippen molar-refractivity contribution in [2.75, 3.05) is 26.8 Å². The van der Waals surface area contributed by atoms with Gasteiger partial charge in [-0.2, -0.15) is 22.7 Å². The van der Waals surface area contributed by atoms with E-state index < -0.39 is 39.5 Å². The molecule has 3 heterocycles. The quantitative estimate of drug-likeness (QED) is 0.407. The fraction of sp³-hybridized carbons (Fsp3) is 0.333. The van der Waals surface area contributed by atoms with Crippen LogP contribution in [0.1, 0.15) is 31.7 Å². The lowest BCUT2D eigenvalue weighted by molar-refractivity contribution is -0.137. The topological polar surface area (TPSA) is 148 Å². The molecule has 2 atom stereocenters. The van der Waals surface area contributed by atoms with Crippen molar-refractivity contribution in [2.45, 2.75) is 36.7 Å². The number of benzene rings is 2. The van der Waals surface area contributed by atoms with Gasteiger partial charge in [0.05, 0.1) is 29.6 Å². The Labute approximate surface area is 258 Å². The zero-order chi connectivity index (χ0) is 33.3. The molecule has 0 spiro atoms. The van der Waals surface area contributed by atoms with Crippen molar-refractivity contribution in [2.24, 2.45) is 20.6 Å². The monoisotopic (exact) mass is 640 g/mol. The number of amides is 2. The van der Waals surface area contributed by atoms with Crippen molar-refractivity contribution >= 4 is 28.1 Å². The Bertz CT molecular complexity index is 1820. The molecule has 11 nitrogen and oxygen atoms in total. The molecular weight excluding hydrogens is 611 g/mol. The Kier molecular flexibility index (Phi) is 8.34. The number of hydrogen-bond acceptors (Lipinski definition) is 8. The number of hydrogen-bond donors (Lipinski definition) is 1. The number of fused-ring (bicyclic) bond motifs is 1. The Morgan fingerprint density at radius 1 is 1.16 bits per heavy atom. The minimum Gasteiger partial charge on any atom is -0.354 e. The zero-order valence-corrected chi connectivity index (χ0v) is 24.8. The van der Waals surface area contributed by atoms with Crippen LogP contribution in [0.2, 0.25) is 0 Å². The predicted octanol–water partition coefficient (Wildman–Crippen LogP) is 4.18. The Morgan fingerprint density at radius 2 is 1.87 bits per heavy atom.